The monoisotopic (exact) mass is 298 g/mol. The minimum Gasteiger partial charge on any atom is -0.288 e. The van der Waals surface area contributed by atoms with Crippen LogP contribution in [0, 0.1) is 0 Å². The van der Waals surface area contributed by atoms with Crippen LogP contribution in [0.5, 0.6) is 0 Å². The van der Waals surface area contributed by atoms with Gasteiger partial charge in [-0.25, -0.2) is 10.5 Å². The predicted octanol–water partition coefficient (Wildman–Crippen LogP) is 1.31. The molecule has 0 fully saturated rings. The Morgan fingerprint density at radius 1 is 1.18 bits per heavy atom. The highest BCUT2D eigenvalue weighted by atomic mass is 16.5. The lowest BCUT2D eigenvalue weighted by Gasteiger charge is -2.10. The fraction of sp³-hybridized carbons (Fsp3) is 0.0667. The van der Waals surface area contributed by atoms with Crippen LogP contribution in [0.3, 0.4) is 0 Å². The van der Waals surface area contributed by atoms with E-state index in [1.165, 1.54) is 29.0 Å². The smallest absolute Gasteiger partial charge is 0.276 e. The zero-order valence-corrected chi connectivity index (χ0v) is 11.8. The summed E-state index contributed by atoms with van der Waals surface area (Å²) in [5.41, 5.74) is 2.74. The van der Waals surface area contributed by atoms with E-state index < -0.39 is 5.91 Å². The Kier molecular flexibility index (Phi) is 4.94. The van der Waals surface area contributed by atoms with Crippen LogP contribution in [0.25, 0.3) is 0 Å². The van der Waals surface area contributed by atoms with E-state index in [1.54, 1.807) is 37.4 Å². The number of hydrogen-bond donors (Lipinski definition) is 2. The molecule has 0 saturated heterocycles. The number of pyridine rings is 1. The minimum atomic E-state index is -0.646. The van der Waals surface area contributed by atoms with Gasteiger partial charge in [0.15, 0.2) is 0 Å². The van der Waals surface area contributed by atoms with Crippen molar-refractivity contribution in [3.8, 4) is 0 Å². The lowest BCUT2D eigenvalue weighted by Crippen LogP contribution is -2.21. The average molecular weight is 298 g/mol. The second-order valence-electron chi connectivity index (χ2n) is 4.35. The van der Waals surface area contributed by atoms with Gasteiger partial charge in [0.25, 0.3) is 11.8 Å². The highest BCUT2D eigenvalue weighted by Gasteiger charge is 2.09. The lowest BCUT2D eigenvalue weighted by molar-refractivity contribution is 0.0705. The molecule has 0 unspecified atom stereocenters. The van der Waals surface area contributed by atoms with Gasteiger partial charge in [-0.2, -0.15) is 5.10 Å². The van der Waals surface area contributed by atoms with E-state index >= 15 is 0 Å². The highest BCUT2D eigenvalue weighted by Crippen LogP contribution is 2.04. The number of aromatic nitrogens is 1. The van der Waals surface area contributed by atoms with E-state index in [9.17, 15) is 9.59 Å². The molecule has 7 heteroatoms. The number of rotatable bonds is 4. The standard InChI is InChI=1S/C15H14N4O3/c1-19(15(21)11-5-3-2-4-6-11)17-10-13-8-7-12(9-16-13)14(20)18-22/h2-10,22H,1H3,(H,18,20)/b17-10+. The molecule has 0 aliphatic rings. The fourth-order valence-electron chi connectivity index (χ4n) is 1.65. The van der Waals surface area contributed by atoms with Crippen LogP contribution in [0.2, 0.25) is 0 Å². The molecular formula is C15H14N4O3. The molecule has 1 aromatic heterocycles. The summed E-state index contributed by atoms with van der Waals surface area (Å²) in [6, 6.07) is 11.8. The summed E-state index contributed by atoms with van der Waals surface area (Å²) >= 11 is 0. The van der Waals surface area contributed by atoms with Crippen molar-refractivity contribution >= 4 is 18.0 Å². The molecule has 22 heavy (non-hydrogen) atoms. The first-order valence-corrected chi connectivity index (χ1v) is 6.39. The van der Waals surface area contributed by atoms with Crippen molar-refractivity contribution in [1.82, 2.24) is 15.5 Å². The first-order chi connectivity index (χ1) is 10.6. The normalized spacial score (nSPS) is 10.5. The molecule has 112 valence electrons. The Morgan fingerprint density at radius 3 is 2.50 bits per heavy atom. The SMILES string of the molecule is CN(/N=C/c1ccc(C(=O)NO)cn1)C(=O)c1ccccc1. The molecule has 1 heterocycles. The van der Waals surface area contributed by atoms with Crippen molar-refractivity contribution in [1.29, 1.82) is 0 Å². The minimum absolute atomic E-state index is 0.216. The van der Waals surface area contributed by atoms with Gasteiger partial charge in [-0.1, -0.05) is 18.2 Å². The Morgan fingerprint density at radius 2 is 1.91 bits per heavy atom. The molecule has 2 N–H and O–H groups in total. The number of hydrazone groups is 1. The second kappa shape index (κ2) is 7.09. The van der Waals surface area contributed by atoms with Crippen molar-refractivity contribution in [2.75, 3.05) is 7.05 Å². The molecule has 0 aliphatic heterocycles. The topological polar surface area (TPSA) is 94.9 Å². The number of nitrogens with zero attached hydrogens (tertiary/aromatic N) is 3. The van der Waals surface area contributed by atoms with Crippen LogP contribution in [0.1, 0.15) is 26.4 Å². The van der Waals surface area contributed by atoms with Gasteiger partial charge in [0, 0.05) is 18.8 Å². The fourth-order valence-corrected chi connectivity index (χ4v) is 1.65. The van der Waals surface area contributed by atoms with E-state index in [1.807, 2.05) is 6.07 Å². The summed E-state index contributed by atoms with van der Waals surface area (Å²) in [5.74, 6) is -0.888. The second-order valence-corrected chi connectivity index (χ2v) is 4.35. The van der Waals surface area contributed by atoms with Gasteiger partial charge in [-0.3, -0.25) is 19.8 Å². The summed E-state index contributed by atoms with van der Waals surface area (Å²) in [7, 11) is 1.54. The summed E-state index contributed by atoms with van der Waals surface area (Å²) < 4.78 is 0. The van der Waals surface area contributed by atoms with Crippen molar-refractivity contribution in [2.24, 2.45) is 5.10 Å². The summed E-state index contributed by atoms with van der Waals surface area (Å²) in [5, 5.41) is 13.7. The Labute approximate surface area is 126 Å². The zero-order valence-electron chi connectivity index (χ0n) is 11.8. The van der Waals surface area contributed by atoms with Gasteiger partial charge in [0.05, 0.1) is 17.5 Å². The molecule has 2 rings (SSSR count). The van der Waals surface area contributed by atoms with Crippen LogP contribution in [0.15, 0.2) is 53.8 Å². The van der Waals surface area contributed by atoms with Crippen LogP contribution < -0.4 is 5.48 Å². The molecule has 0 spiro atoms. The van der Waals surface area contributed by atoms with Crippen LogP contribution >= 0.6 is 0 Å². The van der Waals surface area contributed by atoms with Crippen molar-refractivity contribution in [3.63, 3.8) is 0 Å². The Balaban J connectivity index is 2.05. The molecule has 1 aromatic carbocycles. The van der Waals surface area contributed by atoms with E-state index in [4.69, 9.17) is 5.21 Å². The maximum absolute atomic E-state index is 12.1. The third-order valence-electron chi connectivity index (χ3n) is 2.83. The molecular weight excluding hydrogens is 284 g/mol. The third-order valence-corrected chi connectivity index (χ3v) is 2.83. The molecule has 0 atom stereocenters. The van der Waals surface area contributed by atoms with Gasteiger partial charge in [0.2, 0.25) is 0 Å². The number of nitrogens with one attached hydrogen (secondary N) is 1. The quantitative estimate of drug-likeness (QED) is 0.505. The molecule has 2 aromatic rings. The Bertz CT molecular complexity index is 684. The van der Waals surface area contributed by atoms with Crippen LogP contribution in [-0.2, 0) is 0 Å². The van der Waals surface area contributed by atoms with Gasteiger partial charge < -0.3 is 0 Å². The largest absolute Gasteiger partial charge is 0.288 e. The molecule has 0 radical (unpaired) electrons. The number of hydrogen-bond acceptors (Lipinski definition) is 5. The maximum Gasteiger partial charge on any atom is 0.276 e. The van der Waals surface area contributed by atoms with Gasteiger partial charge in [-0.05, 0) is 24.3 Å². The third kappa shape index (κ3) is 3.74. The summed E-state index contributed by atoms with van der Waals surface area (Å²) in [6.07, 6.45) is 2.70. The Hall–Kier alpha value is -3.06. The zero-order chi connectivity index (χ0) is 15.9. The molecule has 0 saturated carbocycles. The molecule has 7 nitrogen and oxygen atoms in total. The van der Waals surface area contributed by atoms with E-state index in [0.29, 0.717) is 11.3 Å². The van der Waals surface area contributed by atoms with Gasteiger partial charge in [0.1, 0.15) is 0 Å². The maximum atomic E-state index is 12.1. The van der Waals surface area contributed by atoms with Crippen molar-refractivity contribution < 1.29 is 14.8 Å². The van der Waals surface area contributed by atoms with Gasteiger partial charge in [-0.15, -0.1) is 0 Å². The van der Waals surface area contributed by atoms with Crippen LogP contribution in [-0.4, -0.2) is 40.3 Å². The number of carbonyl (C=O) groups is 2. The molecule has 0 aliphatic carbocycles. The summed E-state index contributed by atoms with van der Waals surface area (Å²) in [6.45, 7) is 0. The van der Waals surface area contributed by atoms with Crippen molar-refractivity contribution in [2.45, 2.75) is 0 Å². The highest BCUT2D eigenvalue weighted by molar-refractivity contribution is 5.95. The van der Waals surface area contributed by atoms with Crippen LogP contribution in [0.4, 0.5) is 0 Å². The van der Waals surface area contributed by atoms with E-state index in [0.717, 1.165) is 0 Å². The number of benzene rings is 1. The summed E-state index contributed by atoms with van der Waals surface area (Å²) in [4.78, 5) is 27.2. The first kappa shape index (κ1) is 15.3. The predicted molar refractivity (Wildman–Crippen MR) is 79.6 cm³/mol. The van der Waals surface area contributed by atoms with Crippen molar-refractivity contribution in [3.05, 3.63) is 65.5 Å². The average Bonchev–Trinajstić information content (AvgIpc) is 2.59. The van der Waals surface area contributed by atoms with E-state index in [-0.39, 0.29) is 11.5 Å². The number of carbonyl (C=O) groups excluding carboxylic acids is 2. The number of hydroxylamine groups is 1. The first-order valence-electron chi connectivity index (χ1n) is 6.39. The molecule has 2 amide bonds. The van der Waals surface area contributed by atoms with E-state index in [2.05, 4.69) is 10.1 Å². The van der Waals surface area contributed by atoms with Gasteiger partial charge >= 0.3 is 0 Å². The molecule has 0 bridgehead atoms. The lowest BCUT2D eigenvalue weighted by atomic mass is 10.2. The number of amides is 2.